The summed E-state index contributed by atoms with van der Waals surface area (Å²) in [6, 6.07) is 7.15. The van der Waals surface area contributed by atoms with Gasteiger partial charge in [-0.15, -0.1) is 0 Å². The van der Waals surface area contributed by atoms with Gasteiger partial charge in [-0.25, -0.2) is 4.79 Å². The lowest BCUT2D eigenvalue weighted by Gasteiger charge is -2.34. The molecule has 5 nitrogen and oxygen atoms in total. The average Bonchev–Trinajstić information content (AvgIpc) is 2.44. The van der Waals surface area contributed by atoms with Gasteiger partial charge in [0.25, 0.3) is 0 Å². The molecule has 0 aromatic heterocycles. The standard InChI is InChI=1S/C18H30N2O3/c1-6-18(7-2,20-16(22)23-17(3,4)5)13-19-12-14-9-8-10-15(21)11-14/h8-11,19,21H,6-7,12-13H2,1-5H3,(H,20,22). The van der Waals surface area contributed by atoms with Crippen molar-refractivity contribution in [1.29, 1.82) is 0 Å². The van der Waals surface area contributed by atoms with Crippen molar-refractivity contribution >= 4 is 6.09 Å². The lowest BCUT2D eigenvalue weighted by molar-refractivity contribution is 0.0446. The van der Waals surface area contributed by atoms with E-state index in [9.17, 15) is 9.90 Å². The molecular weight excluding hydrogens is 292 g/mol. The topological polar surface area (TPSA) is 70.6 Å². The van der Waals surface area contributed by atoms with Crippen molar-refractivity contribution in [3.05, 3.63) is 29.8 Å². The number of nitrogens with one attached hydrogen (secondary N) is 2. The zero-order chi connectivity index (χ0) is 17.5. The van der Waals surface area contributed by atoms with Crippen molar-refractivity contribution in [2.75, 3.05) is 6.54 Å². The van der Waals surface area contributed by atoms with Crippen LogP contribution in [0.4, 0.5) is 4.79 Å². The van der Waals surface area contributed by atoms with Crippen molar-refractivity contribution in [1.82, 2.24) is 10.6 Å². The molecule has 0 aliphatic heterocycles. The first-order valence-corrected chi connectivity index (χ1v) is 8.19. The third-order valence-corrected chi connectivity index (χ3v) is 3.82. The van der Waals surface area contributed by atoms with Crippen molar-refractivity contribution in [2.24, 2.45) is 0 Å². The van der Waals surface area contributed by atoms with Crippen LogP contribution in [0.1, 0.15) is 53.0 Å². The third-order valence-electron chi connectivity index (χ3n) is 3.82. The molecule has 130 valence electrons. The minimum Gasteiger partial charge on any atom is -0.508 e. The van der Waals surface area contributed by atoms with Crippen LogP contribution in [-0.4, -0.2) is 28.9 Å². The van der Waals surface area contributed by atoms with Crippen LogP contribution in [0.5, 0.6) is 5.75 Å². The molecule has 0 aliphatic carbocycles. The number of carbonyl (C=O) groups excluding carboxylic acids is 1. The first-order valence-electron chi connectivity index (χ1n) is 8.19. The van der Waals surface area contributed by atoms with Gasteiger partial charge in [0.05, 0.1) is 5.54 Å². The van der Waals surface area contributed by atoms with Crippen LogP contribution in [0.25, 0.3) is 0 Å². The fourth-order valence-corrected chi connectivity index (χ4v) is 2.35. The number of hydrogen-bond donors (Lipinski definition) is 3. The Morgan fingerprint density at radius 2 is 1.87 bits per heavy atom. The normalized spacial score (nSPS) is 12.0. The van der Waals surface area contributed by atoms with Gasteiger partial charge in [0.1, 0.15) is 11.4 Å². The molecule has 23 heavy (non-hydrogen) atoms. The summed E-state index contributed by atoms with van der Waals surface area (Å²) < 4.78 is 5.37. The van der Waals surface area contributed by atoms with E-state index < -0.39 is 5.60 Å². The zero-order valence-corrected chi connectivity index (χ0v) is 14.9. The number of phenolic OH excluding ortho intramolecular Hbond substituents is 1. The summed E-state index contributed by atoms with van der Waals surface area (Å²) in [5.41, 5.74) is 0.147. The predicted octanol–water partition coefficient (Wildman–Crippen LogP) is 3.57. The van der Waals surface area contributed by atoms with Gasteiger partial charge in [0, 0.05) is 13.1 Å². The summed E-state index contributed by atoms with van der Waals surface area (Å²) in [7, 11) is 0. The number of ether oxygens (including phenoxy) is 1. The van der Waals surface area contributed by atoms with Gasteiger partial charge < -0.3 is 20.5 Å². The van der Waals surface area contributed by atoms with Gasteiger partial charge in [-0.3, -0.25) is 0 Å². The number of carbonyl (C=O) groups is 1. The van der Waals surface area contributed by atoms with E-state index in [1.807, 2.05) is 32.9 Å². The Bertz CT molecular complexity index is 505. The minimum atomic E-state index is -0.508. The van der Waals surface area contributed by atoms with Gasteiger partial charge in [0.15, 0.2) is 0 Å². The second-order valence-electron chi connectivity index (χ2n) is 6.89. The number of rotatable bonds is 7. The predicted molar refractivity (Wildman–Crippen MR) is 92.5 cm³/mol. The molecule has 0 spiro atoms. The Balaban J connectivity index is 2.60. The van der Waals surface area contributed by atoms with E-state index in [1.165, 1.54) is 0 Å². The highest BCUT2D eigenvalue weighted by atomic mass is 16.6. The van der Waals surface area contributed by atoms with Crippen molar-refractivity contribution in [3.63, 3.8) is 0 Å². The molecule has 0 fully saturated rings. The summed E-state index contributed by atoms with van der Waals surface area (Å²) in [6.45, 7) is 10.9. The van der Waals surface area contributed by atoms with Gasteiger partial charge in [-0.1, -0.05) is 26.0 Å². The molecule has 0 heterocycles. The summed E-state index contributed by atoms with van der Waals surface area (Å²) >= 11 is 0. The lowest BCUT2D eigenvalue weighted by Crippen LogP contribution is -2.55. The number of alkyl carbamates (subject to hydrolysis) is 1. The molecule has 0 saturated carbocycles. The lowest BCUT2D eigenvalue weighted by atomic mass is 9.92. The van der Waals surface area contributed by atoms with E-state index in [1.54, 1.807) is 12.1 Å². The summed E-state index contributed by atoms with van der Waals surface area (Å²) in [4.78, 5) is 12.1. The maximum atomic E-state index is 12.1. The van der Waals surface area contributed by atoms with E-state index in [0.29, 0.717) is 13.1 Å². The molecule has 0 unspecified atom stereocenters. The molecule has 1 aromatic rings. The van der Waals surface area contributed by atoms with Gasteiger partial charge in [-0.2, -0.15) is 0 Å². The Morgan fingerprint density at radius 1 is 1.22 bits per heavy atom. The molecular formula is C18H30N2O3. The Hall–Kier alpha value is -1.75. The van der Waals surface area contributed by atoms with Crippen LogP contribution in [0.2, 0.25) is 0 Å². The first kappa shape index (κ1) is 19.3. The number of amides is 1. The highest BCUT2D eigenvalue weighted by Crippen LogP contribution is 2.17. The van der Waals surface area contributed by atoms with Gasteiger partial charge in [-0.05, 0) is 51.3 Å². The fraction of sp³-hybridized carbons (Fsp3) is 0.611. The summed E-state index contributed by atoms with van der Waals surface area (Å²) in [6.07, 6.45) is 1.21. The van der Waals surface area contributed by atoms with Crippen LogP contribution in [0.15, 0.2) is 24.3 Å². The highest BCUT2D eigenvalue weighted by molar-refractivity contribution is 5.68. The SMILES string of the molecule is CCC(CC)(CNCc1cccc(O)c1)NC(=O)OC(C)(C)C. The molecule has 0 atom stereocenters. The van der Waals surface area contributed by atoms with Crippen LogP contribution in [0.3, 0.4) is 0 Å². The molecule has 0 saturated heterocycles. The van der Waals surface area contributed by atoms with Crippen molar-refractivity contribution in [2.45, 2.75) is 65.1 Å². The van der Waals surface area contributed by atoms with E-state index in [2.05, 4.69) is 24.5 Å². The number of benzene rings is 1. The first-order chi connectivity index (χ1) is 10.7. The molecule has 1 amide bonds. The van der Waals surface area contributed by atoms with Crippen molar-refractivity contribution in [3.8, 4) is 5.75 Å². The highest BCUT2D eigenvalue weighted by Gasteiger charge is 2.30. The molecule has 0 aliphatic rings. The fourth-order valence-electron chi connectivity index (χ4n) is 2.35. The molecule has 0 radical (unpaired) electrons. The van der Waals surface area contributed by atoms with Crippen LogP contribution in [-0.2, 0) is 11.3 Å². The molecule has 0 bridgehead atoms. The average molecular weight is 322 g/mol. The maximum absolute atomic E-state index is 12.1. The number of phenols is 1. The second kappa shape index (κ2) is 8.20. The van der Waals surface area contributed by atoms with E-state index in [4.69, 9.17) is 4.74 Å². The second-order valence-corrected chi connectivity index (χ2v) is 6.89. The van der Waals surface area contributed by atoms with Crippen molar-refractivity contribution < 1.29 is 14.6 Å². The van der Waals surface area contributed by atoms with Crippen LogP contribution < -0.4 is 10.6 Å². The monoisotopic (exact) mass is 322 g/mol. The third kappa shape index (κ3) is 6.91. The molecule has 1 aromatic carbocycles. The van der Waals surface area contributed by atoms with Gasteiger partial charge in [0.2, 0.25) is 0 Å². The molecule has 3 N–H and O–H groups in total. The quantitative estimate of drug-likeness (QED) is 0.718. The molecule has 1 rings (SSSR count). The van der Waals surface area contributed by atoms with E-state index in [0.717, 1.165) is 18.4 Å². The zero-order valence-electron chi connectivity index (χ0n) is 14.9. The molecule has 5 heteroatoms. The largest absolute Gasteiger partial charge is 0.508 e. The van der Waals surface area contributed by atoms with Crippen LogP contribution >= 0.6 is 0 Å². The van der Waals surface area contributed by atoms with Gasteiger partial charge >= 0.3 is 6.09 Å². The van der Waals surface area contributed by atoms with Crippen LogP contribution in [0, 0.1) is 0 Å². The Kier molecular flexibility index (Phi) is 6.88. The van der Waals surface area contributed by atoms with E-state index in [-0.39, 0.29) is 17.4 Å². The summed E-state index contributed by atoms with van der Waals surface area (Å²) in [5, 5.41) is 15.9. The number of aromatic hydroxyl groups is 1. The van der Waals surface area contributed by atoms with E-state index >= 15 is 0 Å². The Labute approximate surface area is 139 Å². The summed E-state index contributed by atoms with van der Waals surface area (Å²) in [5.74, 6) is 0.258. The smallest absolute Gasteiger partial charge is 0.408 e. The minimum absolute atomic E-state index is 0.258. The number of hydrogen-bond acceptors (Lipinski definition) is 4. The Morgan fingerprint density at radius 3 is 2.39 bits per heavy atom. The maximum Gasteiger partial charge on any atom is 0.408 e.